The molecular formula is C25H14Br2ClF3N2O4. The van der Waals surface area contributed by atoms with Crippen molar-refractivity contribution in [2.45, 2.75) is 12.8 Å². The van der Waals surface area contributed by atoms with Gasteiger partial charge in [-0.2, -0.15) is 13.2 Å². The Kier molecular flexibility index (Phi) is 7.77. The molecule has 12 heteroatoms. The average molecular weight is 659 g/mol. The van der Waals surface area contributed by atoms with Gasteiger partial charge in [-0.05, 0) is 75.6 Å². The van der Waals surface area contributed by atoms with E-state index < -0.39 is 40.8 Å². The second-order valence-electron chi connectivity index (χ2n) is 7.73. The molecule has 1 aliphatic heterocycles. The van der Waals surface area contributed by atoms with Crippen LogP contribution in [0, 0.1) is 0 Å². The molecule has 0 bridgehead atoms. The number of benzene rings is 3. The number of carbonyl (C=O) groups is 3. The first-order chi connectivity index (χ1) is 17.4. The second-order valence-corrected chi connectivity index (χ2v) is 9.90. The Balaban J connectivity index is 1.60. The van der Waals surface area contributed by atoms with Crippen LogP contribution >= 0.6 is 43.5 Å². The molecular weight excluding hydrogens is 645 g/mol. The number of nitrogens with one attached hydrogen (secondary N) is 1. The highest BCUT2D eigenvalue weighted by atomic mass is 79.9. The minimum absolute atomic E-state index is 0.278. The fourth-order valence-electron chi connectivity index (χ4n) is 3.37. The van der Waals surface area contributed by atoms with Gasteiger partial charge in [0.05, 0.1) is 20.7 Å². The summed E-state index contributed by atoms with van der Waals surface area (Å²) in [6.45, 7) is 0.294. The van der Waals surface area contributed by atoms with Crippen LogP contribution in [0.2, 0.25) is 5.02 Å². The molecule has 4 amide bonds. The van der Waals surface area contributed by atoms with Gasteiger partial charge in [-0.1, -0.05) is 45.7 Å². The summed E-state index contributed by atoms with van der Waals surface area (Å²) in [6.07, 6.45) is -3.53. The number of alkyl halides is 3. The van der Waals surface area contributed by atoms with E-state index >= 15 is 0 Å². The number of halogens is 6. The molecule has 190 valence electrons. The maximum atomic E-state index is 13.2. The molecule has 0 saturated carbocycles. The lowest BCUT2D eigenvalue weighted by Gasteiger charge is -2.27. The normalized spacial score (nSPS) is 15.2. The molecule has 1 N–H and O–H groups in total. The van der Waals surface area contributed by atoms with Crippen molar-refractivity contribution in [2.24, 2.45) is 0 Å². The van der Waals surface area contributed by atoms with Crippen LogP contribution in [-0.4, -0.2) is 17.8 Å². The van der Waals surface area contributed by atoms with Crippen LogP contribution in [0.5, 0.6) is 5.75 Å². The van der Waals surface area contributed by atoms with Crippen molar-refractivity contribution in [3.05, 3.63) is 96.9 Å². The van der Waals surface area contributed by atoms with Crippen LogP contribution < -0.4 is 15.0 Å². The van der Waals surface area contributed by atoms with Crippen LogP contribution in [0.4, 0.5) is 23.7 Å². The monoisotopic (exact) mass is 656 g/mol. The van der Waals surface area contributed by atoms with Crippen LogP contribution in [0.15, 0.2) is 75.2 Å². The zero-order valence-corrected chi connectivity index (χ0v) is 22.3. The lowest BCUT2D eigenvalue weighted by atomic mass is 10.1. The number of nitrogens with zero attached hydrogens (tertiary/aromatic N) is 1. The highest BCUT2D eigenvalue weighted by Gasteiger charge is 2.39. The maximum absolute atomic E-state index is 13.2. The summed E-state index contributed by atoms with van der Waals surface area (Å²) >= 11 is 12.8. The van der Waals surface area contributed by atoms with Crippen molar-refractivity contribution in [1.29, 1.82) is 0 Å². The molecule has 0 radical (unpaired) electrons. The highest BCUT2D eigenvalue weighted by Crippen LogP contribution is 2.37. The number of amides is 4. The molecule has 4 rings (SSSR count). The quantitative estimate of drug-likeness (QED) is 0.234. The zero-order valence-electron chi connectivity index (χ0n) is 18.4. The van der Waals surface area contributed by atoms with Gasteiger partial charge in [0.15, 0.2) is 0 Å². The van der Waals surface area contributed by atoms with Crippen LogP contribution in [-0.2, 0) is 22.4 Å². The minimum Gasteiger partial charge on any atom is -0.488 e. The van der Waals surface area contributed by atoms with E-state index in [9.17, 15) is 27.6 Å². The fraction of sp³-hybridized carbons (Fsp3) is 0.0800. The van der Waals surface area contributed by atoms with E-state index in [0.717, 1.165) is 22.2 Å². The third-order valence-electron chi connectivity index (χ3n) is 5.19. The summed E-state index contributed by atoms with van der Waals surface area (Å²) in [6, 6.07) is 13.3. The van der Waals surface area contributed by atoms with Crippen molar-refractivity contribution < 1.29 is 32.3 Å². The second kappa shape index (κ2) is 10.7. The van der Waals surface area contributed by atoms with E-state index in [0.29, 0.717) is 33.4 Å². The summed E-state index contributed by atoms with van der Waals surface area (Å²) in [5.74, 6) is -1.63. The number of anilines is 1. The van der Waals surface area contributed by atoms with E-state index in [1.165, 1.54) is 6.08 Å². The topological polar surface area (TPSA) is 75.7 Å². The van der Waals surface area contributed by atoms with E-state index in [-0.39, 0.29) is 5.02 Å². The Hall–Kier alpha value is -3.15. The van der Waals surface area contributed by atoms with E-state index in [1.54, 1.807) is 18.2 Å². The van der Waals surface area contributed by atoms with E-state index in [2.05, 4.69) is 31.9 Å². The number of hydrogen-bond acceptors (Lipinski definition) is 4. The molecule has 1 fully saturated rings. The van der Waals surface area contributed by atoms with Crippen LogP contribution in [0.25, 0.3) is 6.08 Å². The Morgan fingerprint density at radius 3 is 2.32 bits per heavy atom. The van der Waals surface area contributed by atoms with E-state index in [4.69, 9.17) is 16.3 Å². The lowest BCUT2D eigenvalue weighted by Crippen LogP contribution is -2.54. The molecule has 0 aromatic heterocycles. The molecule has 0 unspecified atom stereocenters. The van der Waals surface area contributed by atoms with Gasteiger partial charge in [0.1, 0.15) is 17.9 Å². The number of barbiturate groups is 1. The third kappa shape index (κ3) is 6.06. The highest BCUT2D eigenvalue weighted by molar-refractivity contribution is 9.10. The predicted molar refractivity (Wildman–Crippen MR) is 138 cm³/mol. The van der Waals surface area contributed by atoms with Gasteiger partial charge in [0.2, 0.25) is 0 Å². The summed E-state index contributed by atoms with van der Waals surface area (Å²) in [4.78, 5) is 38.3. The molecule has 1 saturated heterocycles. The van der Waals surface area contributed by atoms with Crippen molar-refractivity contribution in [2.75, 3.05) is 4.90 Å². The van der Waals surface area contributed by atoms with Crippen LogP contribution in [0.3, 0.4) is 0 Å². The van der Waals surface area contributed by atoms with E-state index in [1.807, 2.05) is 29.6 Å². The van der Waals surface area contributed by atoms with Crippen molar-refractivity contribution in [3.63, 3.8) is 0 Å². The zero-order chi connectivity index (χ0) is 26.9. The SMILES string of the molecule is O=C1NC(=O)N(c2cc(C(F)(F)F)ccc2Cl)C(=O)/C1=C\c1ccc(OCc2ccc(Br)cc2)c(Br)c1. The van der Waals surface area contributed by atoms with Gasteiger partial charge >= 0.3 is 12.2 Å². The van der Waals surface area contributed by atoms with Crippen molar-refractivity contribution >= 4 is 73.1 Å². The molecule has 3 aromatic carbocycles. The summed E-state index contributed by atoms with van der Waals surface area (Å²) < 4.78 is 46.9. The first-order valence-electron chi connectivity index (χ1n) is 10.4. The number of urea groups is 1. The Morgan fingerprint density at radius 1 is 0.973 bits per heavy atom. The Labute approximate surface area is 230 Å². The average Bonchev–Trinajstić information content (AvgIpc) is 2.82. The molecule has 37 heavy (non-hydrogen) atoms. The summed E-state index contributed by atoms with van der Waals surface area (Å²) in [7, 11) is 0. The number of rotatable bonds is 5. The molecule has 0 atom stereocenters. The summed E-state index contributed by atoms with van der Waals surface area (Å²) in [5, 5.41) is 1.68. The van der Waals surface area contributed by atoms with Crippen molar-refractivity contribution in [3.8, 4) is 5.75 Å². The molecule has 1 heterocycles. The van der Waals surface area contributed by atoms with Gasteiger partial charge in [-0.3, -0.25) is 14.9 Å². The van der Waals surface area contributed by atoms with Gasteiger partial charge in [-0.25, -0.2) is 9.69 Å². The number of ether oxygens (including phenoxy) is 1. The molecule has 3 aromatic rings. The predicted octanol–water partition coefficient (Wildman–Crippen LogP) is 7.13. The molecule has 0 spiro atoms. The third-order valence-corrected chi connectivity index (χ3v) is 6.66. The maximum Gasteiger partial charge on any atom is 0.416 e. The van der Waals surface area contributed by atoms with Gasteiger partial charge in [-0.15, -0.1) is 0 Å². The first-order valence-corrected chi connectivity index (χ1v) is 12.4. The Bertz CT molecular complexity index is 1440. The Morgan fingerprint density at radius 2 is 1.68 bits per heavy atom. The van der Waals surface area contributed by atoms with Crippen LogP contribution in [0.1, 0.15) is 16.7 Å². The van der Waals surface area contributed by atoms with Gasteiger partial charge in [0.25, 0.3) is 11.8 Å². The number of imide groups is 2. The first kappa shape index (κ1) is 26.9. The number of carbonyl (C=O) groups excluding carboxylic acids is 3. The fourth-order valence-corrected chi connectivity index (χ4v) is 4.35. The van der Waals surface area contributed by atoms with Crippen molar-refractivity contribution in [1.82, 2.24) is 5.32 Å². The minimum atomic E-state index is -4.74. The smallest absolute Gasteiger partial charge is 0.416 e. The number of hydrogen-bond donors (Lipinski definition) is 1. The largest absolute Gasteiger partial charge is 0.488 e. The van der Waals surface area contributed by atoms with Gasteiger partial charge in [0, 0.05) is 4.47 Å². The van der Waals surface area contributed by atoms with Gasteiger partial charge < -0.3 is 4.74 Å². The molecule has 6 nitrogen and oxygen atoms in total. The standard InChI is InChI=1S/C25H14Br2ClF3N2O4/c26-16-5-1-13(2-6-16)12-37-21-8-3-14(10-18(21)27)9-17-22(34)32-24(36)33(23(17)35)20-11-15(25(29,30)31)4-7-19(20)28/h1-11H,12H2,(H,32,34,36)/b17-9-. The molecule has 1 aliphatic rings. The lowest BCUT2D eigenvalue weighted by molar-refractivity contribution is -0.137. The molecule has 0 aliphatic carbocycles. The summed E-state index contributed by atoms with van der Waals surface area (Å²) in [5.41, 5.74) is -0.758.